The second kappa shape index (κ2) is 5.17. The summed E-state index contributed by atoms with van der Waals surface area (Å²) < 4.78 is 25.0. The Morgan fingerprint density at radius 1 is 1.11 bits per heavy atom. The van der Waals surface area contributed by atoms with Crippen LogP contribution < -0.4 is 0 Å². The van der Waals surface area contributed by atoms with Crippen molar-refractivity contribution in [2.75, 3.05) is 18.8 Å². The van der Waals surface area contributed by atoms with Crippen LogP contribution in [0.3, 0.4) is 0 Å². The lowest BCUT2D eigenvalue weighted by molar-refractivity contribution is -0.150. The zero-order valence-corrected chi connectivity index (χ0v) is 11.4. The molecule has 1 aliphatic heterocycles. The molecule has 0 aromatic carbocycles. The molecule has 2 rings (SSSR count). The van der Waals surface area contributed by atoms with Crippen molar-refractivity contribution in [3.63, 3.8) is 0 Å². The van der Waals surface area contributed by atoms with Crippen molar-refractivity contribution < 1.29 is 18.3 Å². The van der Waals surface area contributed by atoms with Crippen LogP contribution in [0.25, 0.3) is 0 Å². The molecule has 2 aliphatic rings. The summed E-state index contributed by atoms with van der Waals surface area (Å²) in [5.74, 6) is -0.658. The van der Waals surface area contributed by atoms with Gasteiger partial charge >= 0.3 is 5.97 Å². The lowest BCUT2D eigenvalue weighted by Gasteiger charge is -2.31. The van der Waals surface area contributed by atoms with Gasteiger partial charge in [0.2, 0.25) is 10.0 Å². The van der Waals surface area contributed by atoms with E-state index in [0.29, 0.717) is 25.8 Å². The first kappa shape index (κ1) is 13.8. The lowest BCUT2D eigenvalue weighted by Crippen LogP contribution is -2.43. The number of hydrogen-bond donors (Lipinski definition) is 1. The van der Waals surface area contributed by atoms with E-state index in [-0.39, 0.29) is 12.3 Å². The number of carboxylic acid groups (broad SMARTS) is 1. The van der Waals surface area contributed by atoms with Gasteiger partial charge in [-0.3, -0.25) is 4.79 Å². The first-order valence-electron chi connectivity index (χ1n) is 6.68. The average molecular weight is 275 g/mol. The van der Waals surface area contributed by atoms with E-state index < -0.39 is 21.4 Å². The maximum Gasteiger partial charge on any atom is 0.310 e. The third kappa shape index (κ3) is 2.69. The minimum atomic E-state index is -3.20. The van der Waals surface area contributed by atoms with Gasteiger partial charge in [0, 0.05) is 13.1 Å². The van der Waals surface area contributed by atoms with E-state index in [1.54, 1.807) is 0 Å². The van der Waals surface area contributed by atoms with Crippen LogP contribution in [0.4, 0.5) is 0 Å². The number of hydrogen-bond acceptors (Lipinski definition) is 3. The maximum absolute atomic E-state index is 11.8. The maximum atomic E-state index is 11.8. The molecule has 6 heteroatoms. The highest BCUT2D eigenvalue weighted by atomic mass is 32.2. The van der Waals surface area contributed by atoms with Gasteiger partial charge in [0.15, 0.2) is 0 Å². The van der Waals surface area contributed by atoms with E-state index in [9.17, 15) is 18.3 Å². The van der Waals surface area contributed by atoms with Gasteiger partial charge in [-0.15, -0.1) is 0 Å². The molecule has 0 aromatic heterocycles. The Kier molecular flexibility index (Phi) is 3.96. The summed E-state index contributed by atoms with van der Waals surface area (Å²) in [6.07, 6.45) is 5.73. The third-order valence-electron chi connectivity index (χ3n) is 4.20. The molecule has 2 fully saturated rings. The van der Waals surface area contributed by atoms with Crippen molar-refractivity contribution in [2.24, 2.45) is 5.41 Å². The normalized spacial score (nSPS) is 27.8. The minimum Gasteiger partial charge on any atom is -0.481 e. The summed E-state index contributed by atoms with van der Waals surface area (Å²) in [5, 5.41) is 9.52. The summed E-state index contributed by atoms with van der Waals surface area (Å²) >= 11 is 0. The van der Waals surface area contributed by atoms with Gasteiger partial charge in [-0.25, -0.2) is 12.7 Å². The van der Waals surface area contributed by atoms with E-state index in [1.807, 2.05) is 0 Å². The minimum absolute atomic E-state index is 0.169. The SMILES string of the molecule is O=C(O)C1(CN2CCCS2(=O)=O)CCCCCC1. The molecule has 0 unspecified atom stereocenters. The van der Waals surface area contributed by atoms with E-state index >= 15 is 0 Å². The average Bonchev–Trinajstić information content (AvgIpc) is 2.53. The predicted molar refractivity (Wildman–Crippen MR) is 67.7 cm³/mol. The lowest BCUT2D eigenvalue weighted by atomic mass is 9.80. The number of rotatable bonds is 3. The Labute approximate surface area is 108 Å². The third-order valence-corrected chi connectivity index (χ3v) is 6.10. The van der Waals surface area contributed by atoms with E-state index in [1.165, 1.54) is 4.31 Å². The Morgan fingerprint density at radius 3 is 2.17 bits per heavy atom. The van der Waals surface area contributed by atoms with Crippen LogP contribution in [0.5, 0.6) is 0 Å². The summed E-state index contributed by atoms with van der Waals surface area (Å²) in [6, 6.07) is 0. The smallest absolute Gasteiger partial charge is 0.310 e. The predicted octanol–water partition coefficient (Wildman–Crippen LogP) is 1.45. The molecule has 1 saturated heterocycles. The molecule has 0 spiro atoms. The van der Waals surface area contributed by atoms with Crippen LogP contribution in [-0.2, 0) is 14.8 Å². The second-order valence-electron chi connectivity index (χ2n) is 5.50. The van der Waals surface area contributed by atoms with Crippen LogP contribution >= 0.6 is 0 Å². The van der Waals surface area contributed by atoms with Crippen molar-refractivity contribution in [1.29, 1.82) is 0 Å². The molecule has 0 bridgehead atoms. The highest BCUT2D eigenvalue weighted by molar-refractivity contribution is 7.89. The van der Waals surface area contributed by atoms with Crippen LogP contribution in [0.2, 0.25) is 0 Å². The summed E-state index contributed by atoms with van der Waals surface area (Å²) in [4.78, 5) is 11.6. The molecule has 0 atom stereocenters. The Bertz CT molecular complexity index is 410. The monoisotopic (exact) mass is 275 g/mol. The first-order chi connectivity index (χ1) is 8.46. The summed E-state index contributed by atoms with van der Waals surface area (Å²) in [5.41, 5.74) is -0.853. The Hall–Kier alpha value is -0.620. The van der Waals surface area contributed by atoms with Gasteiger partial charge in [-0.05, 0) is 19.3 Å². The Balaban J connectivity index is 2.17. The molecule has 1 N–H and O–H groups in total. The van der Waals surface area contributed by atoms with E-state index in [0.717, 1.165) is 25.7 Å². The molecule has 1 aliphatic carbocycles. The largest absolute Gasteiger partial charge is 0.481 e. The molecule has 0 radical (unpaired) electrons. The molecule has 0 amide bonds. The topological polar surface area (TPSA) is 74.7 Å². The second-order valence-corrected chi connectivity index (χ2v) is 7.59. The van der Waals surface area contributed by atoms with Gasteiger partial charge in [-0.1, -0.05) is 25.7 Å². The molecular formula is C12H21NO4S. The fraction of sp³-hybridized carbons (Fsp3) is 0.917. The summed E-state index contributed by atoms with van der Waals surface area (Å²) in [7, 11) is -3.20. The van der Waals surface area contributed by atoms with Crippen molar-refractivity contribution >= 4 is 16.0 Å². The number of carbonyl (C=O) groups is 1. The van der Waals surface area contributed by atoms with Crippen molar-refractivity contribution in [3.05, 3.63) is 0 Å². The zero-order valence-electron chi connectivity index (χ0n) is 10.6. The number of nitrogens with zero attached hydrogens (tertiary/aromatic N) is 1. The number of carboxylic acids is 1. The molecular weight excluding hydrogens is 254 g/mol. The van der Waals surface area contributed by atoms with E-state index in [4.69, 9.17) is 0 Å². The fourth-order valence-electron chi connectivity index (χ4n) is 3.05. The highest BCUT2D eigenvalue weighted by Crippen LogP contribution is 2.37. The highest BCUT2D eigenvalue weighted by Gasteiger charge is 2.43. The fourth-order valence-corrected chi connectivity index (χ4v) is 4.65. The van der Waals surface area contributed by atoms with Gasteiger partial charge in [-0.2, -0.15) is 0 Å². The van der Waals surface area contributed by atoms with E-state index in [2.05, 4.69) is 0 Å². The standard InChI is InChI=1S/C12H21NO4S/c14-11(15)12(6-3-1-2-4-7-12)10-13-8-5-9-18(13,16)17/h1-10H2,(H,14,15). The van der Waals surface area contributed by atoms with Crippen molar-refractivity contribution in [3.8, 4) is 0 Å². The van der Waals surface area contributed by atoms with Gasteiger partial charge in [0.25, 0.3) is 0 Å². The van der Waals surface area contributed by atoms with Gasteiger partial charge < -0.3 is 5.11 Å². The van der Waals surface area contributed by atoms with Crippen molar-refractivity contribution in [1.82, 2.24) is 4.31 Å². The van der Waals surface area contributed by atoms with Crippen LogP contribution in [0, 0.1) is 5.41 Å². The molecule has 5 nitrogen and oxygen atoms in total. The molecule has 0 aromatic rings. The summed E-state index contributed by atoms with van der Waals surface area (Å²) in [6.45, 7) is 0.655. The Morgan fingerprint density at radius 2 is 1.72 bits per heavy atom. The molecule has 1 saturated carbocycles. The number of sulfonamides is 1. The van der Waals surface area contributed by atoms with Crippen LogP contribution in [-0.4, -0.2) is 42.6 Å². The number of aliphatic carboxylic acids is 1. The first-order valence-corrected chi connectivity index (χ1v) is 8.28. The quantitative estimate of drug-likeness (QED) is 0.791. The van der Waals surface area contributed by atoms with Crippen molar-refractivity contribution in [2.45, 2.75) is 44.9 Å². The van der Waals surface area contributed by atoms with Crippen LogP contribution in [0.1, 0.15) is 44.9 Å². The zero-order chi connectivity index (χ0) is 13.2. The van der Waals surface area contributed by atoms with Gasteiger partial charge in [0.1, 0.15) is 0 Å². The molecule has 1 heterocycles. The molecule has 18 heavy (non-hydrogen) atoms. The van der Waals surface area contributed by atoms with Gasteiger partial charge in [0.05, 0.1) is 11.2 Å². The molecule has 104 valence electrons. The van der Waals surface area contributed by atoms with Crippen LogP contribution in [0.15, 0.2) is 0 Å².